The third kappa shape index (κ3) is 4.08. The van der Waals surface area contributed by atoms with Crippen LogP contribution in [-0.2, 0) is 21.4 Å². The smallest absolute Gasteiger partial charge is 0.402 e. The first-order chi connectivity index (χ1) is 15.5. The molecule has 5 nitrogen and oxygen atoms in total. The van der Waals surface area contributed by atoms with Crippen molar-refractivity contribution in [2.45, 2.75) is 51.2 Å². The van der Waals surface area contributed by atoms with Gasteiger partial charge in [0.15, 0.2) is 11.3 Å². The molecule has 8 heteroatoms. The maximum absolute atomic E-state index is 13.0. The number of halogens is 1. The summed E-state index contributed by atoms with van der Waals surface area (Å²) in [4.78, 5) is 21.4. The number of Topliss-reactive ketones (excluding diaryl/α,β-unsaturated/α-hetero) is 1. The molecule has 33 heavy (non-hydrogen) atoms. The second kappa shape index (κ2) is 8.67. The van der Waals surface area contributed by atoms with Crippen LogP contribution in [0.3, 0.4) is 0 Å². The van der Waals surface area contributed by atoms with Crippen LogP contribution in [0.1, 0.15) is 50.1 Å². The summed E-state index contributed by atoms with van der Waals surface area (Å²) < 4.78 is 7.64. The molecule has 0 radical (unpaired) electrons. The third-order valence-electron chi connectivity index (χ3n) is 6.50. The number of imidazole rings is 1. The van der Waals surface area contributed by atoms with Crippen molar-refractivity contribution in [1.82, 2.24) is 9.97 Å². The molecule has 0 atom stereocenters. The summed E-state index contributed by atoms with van der Waals surface area (Å²) in [6.07, 6.45) is 1.98. The molecule has 0 unspecified atom stereocenters. The number of aromatic amines is 1. The molecule has 3 aromatic rings. The van der Waals surface area contributed by atoms with E-state index in [4.69, 9.17) is 21.3 Å². The summed E-state index contributed by atoms with van der Waals surface area (Å²) in [7, 11) is 5.07. The van der Waals surface area contributed by atoms with Crippen LogP contribution >= 0.6 is 33.2 Å². The molecule has 1 aliphatic rings. The van der Waals surface area contributed by atoms with Crippen LogP contribution in [0.25, 0.3) is 17.0 Å². The summed E-state index contributed by atoms with van der Waals surface area (Å²) in [6.45, 7) is 13.8. The van der Waals surface area contributed by atoms with Gasteiger partial charge in [0.1, 0.15) is 17.0 Å². The highest BCUT2D eigenvalue weighted by Gasteiger charge is 2.50. The van der Waals surface area contributed by atoms with E-state index in [1.54, 1.807) is 28.7 Å². The number of hydrogen-bond donors (Lipinski definition) is 1. The largest absolute Gasteiger partial charge is 0.496 e. The van der Waals surface area contributed by atoms with Crippen LogP contribution in [0, 0.1) is 6.92 Å². The van der Waals surface area contributed by atoms with E-state index in [9.17, 15) is 4.79 Å². The normalized spacial score (nSPS) is 16.3. The molecule has 2 aromatic heterocycles. The number of nitrogens with one attached hydrogen (secondary N) is 1. The zero-order chi connectivity index (χ0) is 24.1. The number of pyridine rings is 1. The zero-order valence-electron chi connectivity index (χ0n) is 19.8. The fourth-order valence-electron chi connectivity index (χ4n) is 4.70. The number of H-pyrrole nitrogens is 1. The minimum Gasteiger partial charge on any atom is -0.496 e. The van der Waals surface area contributed by atoms with E-state index < -0.39 is 10.8 Å². The van der Waals surface area contributed by atoms with Crippen molar-refractivity contribution in [1.29, 1.82) is 0 Å². The van der Waals surface area contributed by atoms with Crippen molar-refractivity contribution >= 4 is 50.0 Å². The molecule has 0 spiro atoms. The number of aromatic nitrogens is 3. The standard InChI is InChI=1S/C25H29ClN3O2S2/c1-14(26)12-32-33-13-20-15(2)21(31-7)8-9-29(20)23-27-18-10-16-17(11-19(18)28-23)25(5,6)22(30)24(16,3)4/h8-11H,1,12-13H2,2-7H3,(H,27,28)/q+1. The Morgan fingerprint density at radius 1 is 1.21 bits per heavy atom. The molecule has 2 heterocycles. The molecule has 0 bridgehead atoms. The molecule has 174 valence electrons. The van der Waals surface area contributed by atoms with Gasteiger partial charge in [0.2, 0.25) is 0 Å². The van der Waals surface area contributed by atoms with Gasteiger partial charge in [0, 0.05) is 33.2 Å². The van der Waals surface area contributed by atoms with Crippen LogP contribution < -0.4 is 9.30 Å². The Hall–Kier alpha value is -1.96. The van der Waals surface area contributed by atoms with Crippen molar-refractivity contribution < 1.29 is 14.1 Å². The number of fused-ring (bicyclic) bond motifs is 2. The maximum Gasteiger partial charge on any atom is 0.402 e. The van der Waals surface area contributed by atoms with Gasteiger partial charge in [-0.05, 0) is 57.9 Å². The SMILES string of the molecule is C=C(Cl)CSSCc1c(C)c(OC)cc[n+]1-c1nc2cc3c(cc2[nH]1)C(C)(C)C(=O)C3(C)C. The van der Waals surface area contributed by atoms with Crippen molar-refractivity contribution in [3.8, 4) is 11.7 Å². The molecule has 0 aliphatic heterocycles. The minimum atomic E-state index is -0.526. The van der Waals surface area contributed by atoms with E-state index in [1.807, 2.05) is 40.0 Å². The van der Waals surface area contributed by atoms with Gasteiger partial charge in [-0.1, -0.05) is 44.8 Å². The highest BCUT2D eigenvalue weighted by atomic mass is 35.5. The molecule has 0 saturated carbocycles. The van der Waals surface area contributed by atoms with E-state index in [2.05, 4.69) is 35.2 Å². The number of carbonyl (C=O) groups excluding carboxylic acids is 1. The quantitative estimate of drug-likeness (QED) is 0.246. The zero-order valence-corrected chi connectivity index (χ0v) is 22.2. The van der Waals surface area contributed by atoms with Crippen LogP contribution in [0.2, 0.25) is 0 Å². The van der Waals surface area contributed by atoms with Crippen LogP contribution in [0.4, 0.5) is 0 Å². The Bertz CT molecular complexity index is 1230. The van der Waals surface area contributed by atoms with E-state index in [0.29, 0.717) is 10.8 Å². The summed E-state index contributed by atoms with van der Waals surface area (Å²) in [5, 5.41) is 0.636. The van der Waals surface area contributed by atoms with Gasteiger partial charge in [-0.2, -0.15) is 0 Å². The number of rotatable bonds is 7. The Balaban J connectivity index is 1.79. The number of benzene rings is 1. The molecular weight excluding hydrogens is 474 g/mol. The summed E-state index contributed by atoms with van der Waals surface area (Å²) in [5.41, 5.74) is 5.03. The van der Waals surface area contributed by atoms with Crippen molar-refractivity contribution in [2.24, 2.45) is 0 Å². The number of carbonyl (C=O) groups is 1. The highest BCUT2D eigenvalue weighted by Crippen LogP contribution is 2.47. The lowest BCUT2D eigenvalue weighted by Crippen LogP contribution is -2.37. The second-order valence-corrected chi connectivity index (χ2v) is 12.4. The van der Waals surface area contributed by atoms with Crippen molar-refractivity contribution in [2.75, 3.05) is 12.9 Å². The predicted octanol–water partition coefficient (Wildman–Crippen LogP) is 5.93. The average Bonchev–Trinajstić information content (AvgIpc) is 3.23. The Morgan fingerprint density at radius 2 is 1.88 bits per heavy atom. The van der Waals surface area contributed by atoms with Gasteiger partial charge < -0.3 is 4.74 Å². The average molecular weight is 503 g/mol. The number of ketones is 1. The first kappa shape index (κ1) is 24.2. The maximum atomic E-state index is 13.0. The molecule has 0 fully saturated rings. The summed E-state index contributed by atoms with van der Waals surface area (Å²) in [6, 6.07) is 6.13. The molecule has 1 aromatic carbocycles. The van der Waals surface area contributed by atoms with Crippen LogP contribution in [0.15, 0.2) is 36.0 Å². The van der Waals surface area contributed by atoms with Crippen LogP contribution in [0.5, 0.6) is 5.75 Å². The fraction of sp³-hybridized carbons (Fsp3) is 0.400. The Morgan fingerprint density at radius 3 is 2.52 bits per heavy atom. The lowest BCUT2D eigenvalue weighted by atomic mass is 9.80. The number of methoxy groups -OCH3 is 1. The van der Waals surface area contributed by atoms with Gasteiger partial charge in [-0.15, -0.1) is 0 Å². The lowest BCUT2D eigenvalue weighted by molar-refractivity contribution is -0.610. The van der Waals surface area contributed by atoms with Crippen molar-refractivity contribution in [3.05, 3.63) is 58.4 Å². The van der Waals surface area contributed by atoms with Crippen molar-refractivity contribution in [3.63, 3.8) is 0 Å². The van der Waals surface area contributed by atoms with E-state index in [0.717, 1.165) is 50.9 Å². The molecule has 0 amide bonds. The minimum absolute atomic E-state index is 0.245. The summed E-state index contributed by atoms with van der Waals surface area (Å²) >= 11 is 5.91. The first-order valence-electron chi connectivity index (χ1n) is 10.7. The predicted molar refractivity (Wildman–Crippen MR) is 139 cm³/mol. The van der Waals surface area contributed by atoms with Gasteiger partial charge in [0.25, 0.3) is 0 Å². The third-order valence-corrected chi connectivity index (χ3v) is 9.03. The Kier molecular flexibility index (Phi) is 6.35. The Labute approximate surface area is 207 Å². The molecule has 1 N–H and O–H groups in total. The van der Waals surface area contributed by atoms with E-state index in [1.165, 1.54) is 0 Å². The number of hydrogen-bond acceptors (Lipinski definition) is 5. The topological polar surface area (TPSA) is 58.9 Å². The number of nitrogens with zero attached hydrogens (tertiary/aromatic N) is 2. The molecule has 4 rings (SSSR count). The second-order valence-electron chi connectivity index (χ2n) is 9.42. The first-order valence-corrected chi connectivity index (χ1v) is 13.6. The fourth-order valence-corrected chi connectivity index (χ4v) is 7.08. The molecule has 0 saturated heterocycles. The lowest BCUT2D eigenvalue weighted by Gasteiger charge is -2.21. The summed E-state index contributed by atoms with van der Waals surface area (Å²) in [5.74, 6) is 3.26. The van der Waals surface area contributed by atoms with Gasteiger partial charge in [-0.3, -0.25) is 4.79 Å². The van der Waals surface area contributed by atoms with E-state index in [-0.39, 0.29) is 5.78 Å². The van der Waals surface area contributed by atoms with E-state index >= 15 is 0 Å². The molecule has 1 aliphatic carbocycles. The highest BCUT2D eigenvalue weighted by molar-refractivity contribution is 8.76. The molecular formula is C25H29ClN3O2S2+. The monoisotopic (exact) mass is 502 g/mol. The van der Waals surface area contributed by atoms with Gasteiger partial charge in [-0.25, -0.2) is 9.55 Å². The number of ether oxygens (including phenoxy) is 1. The van der Waals surface area contributed by atoms with Gasteiger partial charge >= 0.3 is 5.95 Å². The van der Waals surface area contributed by atoms with Gasteiger partial charge in [0.05, 0.1) is 19.1 Å². The van der Waals surface area contributed by atoms with Crippen LogP contribution in [-0.4, -0.2) is 28.6 Å².